The van der Waals surface area contributed by atoms with Gasteiger partial charge in [-0.2, -0.15) is 0 Å². The van der Waals surface area contributed by atoms with Gasteiger partial charge in [0.1, 0.15) is 13.2 Å². The molecule has 0 spiro atoms. The summed E-state index contributed by atoms with van der Waals surface area (Å²) >= 11 is 0. The van der Waals surface area contributed by atoms with Crippen molar-refractivity contribution in [3.05, 3.63) is 146 Å². The average molecular weight is 909 g/mol. The zero-order valence-corrected chi connectivity index (χ0v) is 41.9. The van der Waals surface area contributed by atoms with E-state index in [2.05, 4.69) is 57.2 Å². The Morgan fingerprint density at radius 2 is 0.606 bits per heavy atom. The van der Waals surface area contributed by atoms with Crippen molar-refractivity contribution in [2.75, 3.05) is 13.2 Å². The van der Waals surface area contributed by atoms with Gasteiger partial charge in [-0.1, -0.05) is 237 Å². The van der Waals surface area contributed by atoms with Gasteiger partial charge in [0.15, 0.2) is 6.10 Å². The van der Waals surface area contributed by atoms with E-state index >= 15 is 0 Å². The van der Waals surface area contributed by atoms with E-state index < -0.39 is 6.10 Å². The van der Waals surface area contributed by atoms with Gasteiger partial charge in [-0.05, 0) is 83.5 Å². The number of carbonyl (C=O) groups excluding carboxylic acids is 3. The Kier molecular flexibility index (Phi) is 49.1. The van der Waals surface area contributed by atoms with Crippen LogP contribution < -0.4 is 0 Å². The van der Waals surface area contributed by atoms with E-state index in [9.17, 15) is 14.4 Å². The topological polar surface area (TPSA) is 78.9 Å². The molecule has 0 aromatic rings. The maximum Gasteiger partial charge on any atom is 0.306 e. The van der Waals surface area contributed by atoms with Gasteiger partial charge in [0.25, 0.3) is 0 Å². The lowest BCUT2D eigenvalue weighted by Crippen LogP contribution is -2.30. The van der Waals surface area contributed by atoms with Crippen molar-refractivity contribution < 1.29 is 28.6 Å². The highest BCUT2D eigenvalue weighted by molar-refractivity contribution is 5.71. The number of unbranched alkanes of at least 4 members (excludes halogenated alkanes) is 18. The molecule has 0 radical (unpaired) electrons. The van der Waals surface area contributed by atoms with Crippen LogP contribution in [0.3, 0.4) is 0 Å². The summed E-state index contributed by atoms with van der Waals surface area (Å²) in [6.45, 7) is 6.24. The first kappa shape index (κ1) is 61.3. The lowest BCUT2D eigenvalue weighted by atomic mass is 10.1. The summed E-state index contributed by atoms with van der Waals surface area (Å²) in [5, 5.41) is 0. The van der Waals surface area contributed by atoms with E-state index in [4.69, 9.17) is 14.2 Å². The summed E-state index contributed by atoms with van der Waals surface area (Å²) in [5.41, 5.74) is 0. The van der Waals surface area contributed by atoms with Crippen molar-refractivity contribution in [1.82, 2.24) is 0 Å². The molecular weight excluding hydrogens is 817 g/mol. The van der Waals surface area contributed by atoms with Crippen LogP contribution >= 0.6 is 0 Å². The fraction of sp³-hybridized carbons (Fsp3) is 0.550. The fourth-order valence-electron chi connectivity index (χ4n) is 6.49. The molecule has 0 aliphatic rings. The largest absolute Gasteiger partial charge is 0.462 e. The van der Waals surface area contributed by atoms with Gasteiger partial charge in [-0.3, -0.25) is 14.4 Å². The maximum absolute atomic E-state index is 12.8. The second-order valence-electron chi connectivity index (χ2n) is 16.6. The van der Waals surface area contributed by atoms with Gasteiger partial charge in [0.05, 0.1) is 0 Å². The molecule has 0 aromatic carbocycles. The van der Waals surface area contributed by atoms with Crippen LogP contribution in [0.4, 0.5) is 0 Å². The SMILES string of the molecule is CC/C=C/C=C/C=C/C=C/C=C/C=C/C=C/CCCCCC(=O)OCC(COC(=O)CCCCC/C=C/C=C/C=C/C=C/CC)OC(=O)CCCCCCC/C=C/CCCCCCCCC. The van der Waals surface area contributed by atoms with Crippen molar-refractivity contribution >= 4 is 17.9 Å². The molecule has 0 fully saturated rings. The number of carbonyl (C=O) groups is 3. The molecule has 1 unspecified atom stereocenters. The highest BCUT2D eigenvalue weighted by atomic mass is 16.6. The minimum absolute atomic E-state index is 0.123. The molecule has 0 aliphatic heterocycles. The smallest absolute Gasteiger partial charge is 0.306 e. The van der Waals surface area contributed by atoms with E-state index in [0.29, 0.717) is 19.3 Å². The molecule has 0 aliphatic carbocycles. The van der Waals surface area contributed by atoms with E-state index in [0.717, 1.165) is 89.9 Å². The Bertz CT molecular complexity index is 1510. The summed E-state index contributed by atoms with van der Waals surface area (Å²) in [6.07, 6.45) is 75.4. The van der Waals surface area contributed by atoms with Gasteiger partial charge in [0.2, 0.25) is 0 Å². The third-order valence-electron chi connectivity index (χ3n) is 10.3. The Balaban J connectivity index is 4.58. The second-order valence-corrected chi connectivity index (χ2v) is 16.6. The molecule has 0 bridgehead atoms. The van der Waals surface area contributed by atoms with Gasteiger partial charge in [-0.25, -0.2) is 0 Å². The molecular formula is C60H92O6. The standard InChI is InChI=1S/C60H92O6/c1-4-7-10-13-16-19-22-25-27-29-30-31-33-35-38-41-44-47-50-53-59(62)65-56-57(55-64-58(61)52-49-46-43-40-37-34-24-21-18-15-12-9-6-3)66-60(63)54-51-48-45-42-39-36-32-28-26-23-20-17-14-11-8-5-2/h7,9-10,12-13,15-16,18-19,21-22,24-25,27-35,37-38,57H,4-6,8,11,14,17,20,23,26,36,39-56H2,1-3H3/b10-7+,12-9+,16-13+,18-15+,22-19+,24-21+,27-25+,30-29+,32-28+,33-31+,37-34+,38-35+. The third-order valence-corrected chi connectivity index (χ3v) is 10.3. The number of hydrogen-bond donors (Lipinski definition) is 0. The summed E-state index contributed by atoms with van der Waals surface area (Å²) in [7, 11) is 0. The first-order valence-corrected chi connectivity index (χ1v) is 26.0. The number of hydrogen-bond acceptors (Lipinski definition) is 6. The highest BCUT2D eigenvalue weighted by Crippen LogP contribution is 2.13. The molecule has 66 heavy (non-hydrogen) atoms. The Labute approximate surface area is 404 Å². The van der Waals surface area contributed by atoms with Gasteiger partial charge in [-0.15, -0.1) is 0 Å². The lowest BCUT2D eigenvalue weighted by Gasteiger charge is -2.18. The molecule has 0 aromatic heterocycles. The van der Waals surface area contributed by atoms with Gasteiger partial charge >= 0.3 is 17.9 Å². The monoisotopic (exact) mass is 909 g/mol. The van der Waals surface area contributed by atoms with Crippen molar-refractivity contribution in [1.29, 1.82) is 0 Å². The molecule has 0 saturated heterocycles. The average Bonchev–Trinajstić information content (AvgIpc) is 3.31. The zero-order chi connectivity index (χ0) is 47.9. The van der Waals surface area contributed by atoms with Crippen LogP contribution in [0.1, 0.15) is 194 Å². The first-order valence-electron chi connectivity index (χ1n) is 26.0. The zero-order valence-electron chi connectivity index (χ0n) is 41.9. The van der Waals surface area contributed by atoms with Crippen LogP contribution in [0.2, 0.25) is 0 Å². The molecule has 0 heterocycles. The molecule has 0 N–H and O–H groups in total. The van der Waals surface area contributed by atoms with Crippen molar-refractivity contribution in [3.63, 3.8) is 0 Å². The number of rotatable bonds is 44. The Morgan fingerprint density at radius 1 is 0.318 bits per heavy atom. The summed E-state index contributed by atoms with van der Waals surface area (Å²) in [5.74, 6) is -1.02. The molecule has 0 amide bonds. The molecule has 0 saturated carbocycles. The fourth-order valence-corrected chi connectivity index (χ4v) is 6.49. The van der Waals surface area contributed by atoms with Gasteiger partial charge in [0, 0.05) is 19.3 Å². The van der Waals surface area contributed by atoms with Crippen LogP contribution in [-0.4, -0.2) is 37.2 Å². The quantitative estimate of drug-likeness (QED) is 0.0199. The van der Waals surface area contributed by atoms with E-state index in [-0.39, 0.29) is 37.5 Å². The van der Waals surface area contributed by atoms with E-state index in [1.807, 2.05) is 109 Å². The summed E-state index contributed by atoms with van der Waals surface area (Å²) in [4.78, 5) is 38.0. The highest BCUT2D eigenvalue weighted by Gasteiger charge is 2.19. The predicted molar refractivity (Wildman–Crippen MR) is 283 cm³/mol. The number of ether oxygens (including phenoxy) is 3. The minimum atomic E-state index is -0.824. The van der Waals surface area contributed by atoms with E-state index in [1.54, 1.807) is 0 Å². The van der Waals surface area contributed by atoms with Crippen LogP contribution in [0, 0.1) is 0 Å². The maximum atomic E-state index is 12.8. The summed E-state index contributed by atoms with van der Waals surface area (Å²) in [6, 6.07) is 0. The predicted octanol–water partition coefficient (Wildman–Crippen LogP) is 17.3. The molecule has 6 nitrogen and oxygen atoms in total. The third kappa shape index (κ3) is 50.3. The van der Waals surface area contributed by atoms with E-state index in [1.165, 1.54) is 57.8 Å². The van der Waals surface area contributed by atoms with Crippen molar-refractivity contribution in [2.45, 2.75) is 200 Å². The van der Waals surface area contributed by atoms with Crippen molar-refractivity contribution in [2.24, 2.45) is 0 Å². The normalized spacial score (nSPS) is 13.3. The van der Waals surface area contributed by atoms with Crippen LogP contribution in [-0.2, 0) is 28.6 Å². The van der Waals surface area contributed by atoms with Crippen molar-refractivity contribution in [3.8, 4) is 0 Å². The number of esters is 3. The van der Waals surface area contributed by atoms with Crippen LogP contribution in [0.25, 0.3) is 0 Å². The Hall–Kier alpha value is -4.71. The van der Waals surface area contributed by atoms with Gasteiger partial charge < -0.3 is 14.2 Å². The molecule has 368 valence electrons. The Morgan fingerprint density at radius 3 is 0.985 bits per heavy atom. The molecule has 1 atom stereocenters. The molecule has 0 rings (SSSR count). The second kappa shape index (κ2) is 52.9. The van der Waals surface area contributed by atoms with Crippen LogP contribution in [0.5, 0.6) is 0 Å². The first-order chi connectivity index (χ1) is 32.5. The van der Waals surface area contributed by atoms with Crippen LogP contribution in [0.15, 0.2) is 146 Å². The lowest BCUT2D eigenvalue weighted by molar-refractivity contribution is -0.167. The summed E-state index contributed by atoms with van der Waals surface area (Å²) < 4.78 is 16.7. The minimum Gasteiger partial charge on any atom is -0.462 e. The number of allylic oxidation sites excluding steroid dienone is 24. The molecule has 6 heteroatoms.